The molecule has 0 saturated carbocycles. The Morgan fingerprint density at radius 1 is 1.12 bits per heavy atom. The molecule has 3 rings (SSSR count). The maximum Gasteiger partial charge on any atom is 0.233 e. The average molecular weight is 366 g/mol. The first kappa shape index (κ1) is 18.2. The van der Waals surface area contributed by atoms with Crippen LogP contribution in [0.3, 0.4) is 0 Å². The zero-order valence-corrected chi connectivity index (χ0v) is 16.0. The topological polar surface area (TPSA) is 59.8 Å². The number of amides is 1. The third-order valence-electron chi connectivity index (χ3n) is 4.11. The van der Waals surface area contributed by atoms with Crippen molar-refractivity contribution < 1.29 is 4.79 Å². The van der Waals surface area contributed by atoms with E-state index in [1.54, 1.807) is 0 Å². The molecule has 0 aliphatic rings. The molecule has 2 aromatic carbocycles. The predicted octanol–water partition coefficient (Wildman–Crippen LogP) is 3.59. The minimum atomic E-state index is -0.257. The summed E-state index contributed by atoms with van der Waals surface area (Å²) in [6.45, 7) is 4.45. The Morgan fingerprint density at radius 2 is 1.81 bits per heavy atom. The van der Waals surface area contributed by atoms with Gasteiger partial charge in [0.15, 0.2) is 11.0 Å². The molecule has 0 bridgehead atoms. The fourth-order valence-corrected chi connectivity index (χ4v) is 3.35. The van der Waals surface area contributed by atoms with Gasteiger partial charge < -0.3 is 9.88 Å². The summed E-state index contributed by atoms with van der Waals surface area (Å²) in [7, 11) is 1.92. The van der Waals surface area contributed by atoms with E-state index < -0.39 is 0 Å². The summed E-state index contributed by atoms with van der Waals surface area (Å²) in [5.74, 6) is 0.778. The molecule has 1 amide bonds. The van der Waals surface area contributed by atoms with Crippen molar-refractivity contribution in [1.82, 2.24) is 20.1 Å². The maximum atomic E-state index is 12.4. The van der Waals surface area contributed by atoms with E-state index in [0.717, 1.165) is 22.1 Å². The molecule has 134 valence electrons. The lowest BCUT2D eigenvalue weighted by Gasteiger charge is -2.12. The lowest BCUT2D eigenvalue weighted by molar-refractivity contribution is -0.120. The number of hydrogen-bond donors (Lipinski definition) is 1. The van der Waals surface area contributed by atoms with Crippen LogP contribution in [0.25, 0.3) is 11.4 Å². The van der Waals surface area contributed by atoms with Crippen molar-refractivity contribution in [1.29, 1.82) is 0 Å². The van der Waals surface area contributed by atoms with Crippen molar-refractivity contribution in [2.45, 2.75) is 30.8 Å². The quantitative estimate of drug-likeness (QED) is 0.677. The van der Waals surface area contributed by atoms with Crippen LogP contribution in [0.2, 0.25) is 0 Å². The molecular formula is C20H22N4OS. The van der Waals surface area contributed by atoms with Crippen molar-refractivity contribution in [2.75, 3.05) is 0 Å². The molecule has 6 heteroatoms. The zero-order valence-electron chi connectivity index (χ0n) is 15.1. The van der Waals surface area contributed by atoms with Gasteiger partial charge in [-0.1, -0.05) is 71.9 Å². The van der Waals surface area contributed by atoms with Crippen molar-refractivity contribution in [3.8, 4) is 11.4 Å². The van der Waals surface area contributed by atoms with Gasteiger partial charge in [0, 0.05) is 19.2 Å². The third kappa shape index (κ3) is 4.32. The van der Waals surface area contributed by atoms with Crippen LogP contribution in [-0.4, -0.2) is 25.9 Å². The van der Waals surface area contributed by atoms with Crippen LogP contribution >= 0.6 is 11.8 Å². The van der Waals surface area contributed by atoms with Gasteiger partial charge >= 0.3 is 0 Å². The van der Waals surface area contributed by atoms with Crippen LogP contribution in [-0.2, 0) is 18.4 Å². The van der Waals surface area contributed by atoms with Crippen LogP contribution < -0.4 is 5.32 Å². The van der Waals surface area contributed by atoms with Gasteiger partial charge in [0.2, 0.25) is 5.91 Å². The Morgan fingerprint density at radius 3 is 2.50 bits per heavy atom. The highest BCUT2D eigenvalue weighted by atomic mass is 32.2. The van der Waals surface area contributed by atoms with Crippen LogP contribution in [0.4, 0.5) is 0 Å². The highest BCUT2D eigenvalue weighted by Crippen LogP contribution is 2.25. The molecule has 1 aromatic heterocycles. The molecule has 0 spiro atoms. The van der Waals surface area contributed by atoms with Crippen LogP contribution in [0, 0.1) is 6.92 Å². The summed E-state index contributed by atoms with van der Waals surface area (Å²) in [5.41, 5.74) is 3.30. The van der Waals surface area contributed by atoms with Gasteiger partial charge in [0.1, 0.15) is 0 Å². The number of rotatable bonds is 6. The minimum Gasteiger partial charge on any atom is -0.351 e. The number of nitrogens with one attached hydrogen (secondary N) is 1. The molecule has 0 saturated heterocycles. The van der Waals surface area contributed by atoms with E-state index in [1.807, 2.05) is 80.1 Å². The fraction of sp³-hybridized carbons (Fsp3) is 0.250. The SMILES string of the molecule is Cc1ccc(CNC(=O)[C@H](C)Sc2nnc(-c3ccccc3)n2C)cc1. The van der Waals surface area contributed by atoms with Crippen molar-refractivity contribution >= 4 is 17.7 Å². The predicted molar refractivity (Wildman–Crippen MR) is 105 cm³/mol. The summed E-state index contributed by atoms with van der Waals surface area (Å²) in [4.78, 5) is 12.4. The summed E-state index contributed by atoms with van der Waals surface area (Å²) < 4.78 is 1.92. The Labute approximate surface area is 157 Å². The Kier molecular flexibility index (Phi) is 5.73. The number of aryl methyl sites for hydroxylation is 1. The first-order valence-corrected chi connectivity index (χ1v) is 9.37. The van der Waals surface area contributed by atoms with Gasteiger partial charge in [0.05, 0.1) is 5.25 Å². The minimum absolute atomic E-state index is 0.0140. The molecule has 0 aliphatic carbocycles. The molecule has 0 radical (unpaired) electrons. The molecule has 3 aromatic rings. The molecule has 26 heavy (non-hydrogen) atoms. The number of carbonyl (C=O) groups excluding carboxylic acids is 1. The number of benzene rings is 2. The van der Waals surface area contributed by atoms with Crippen molar-refractivity contribution in [3.63, 3.8) is 0 Å². The van der Waals surface area contributed by atoms with E-state index in [-0.39, 0.29) is 11.2 Å². The number of carbonyl (C=O) groups is 1. The second-order valence-corrected chi connectivity index (χ2v) is 7.50. The lowest BCUT2D eigenvalue weighted by atomic mass is 10.1. The summed E-state index contributed by atoms with van der Waals surface area (Å²) >= 11 is 1.41. The number of thioether (sulfide) groups is 1. The summed E-state index contributed by atoms with van der Waals surface area (Å²) in [6, 6.07) is 18.1. The first-order chi connectivity index (χ1) is 12.5. The van der Waals surface area contributed by atoms with Crippen LogP contribution in [0.5, 0.6) is 0 Å². The van der Waals surface area contributed by atoms with E-state index in [9.17, 15) is 4.79 Å². The second-order valence-electron chi connectivity index (χ2n) is 6.19. The Hall–Kier alpha value is -2.60. The Balaban J connectivity index is 1.61. The monoisotopic (exact) mass is 366 g/mol. The number of hydrogen-bond acceptors (Lipinski definition) is 4. The summed E-state index contributed by atoms with van der Waals surface area (Å²) in [5, 5.41) is 11.9. The lowest BCUT2D eigenvalue weighted by Crippen LogP contribution is -2.30. The number of aromatic nitrogens is 3. The van der Waals surface area contributed by atoms with Gasteiger partial charge in [-0.05, 0) is 19.4 Å². The average Bonchev–Trinajstić information content (AvgIpc) is 3.02. The smallest absolute Gasteiger partial charge is 0.233 e. The van der Waals surface area contributed by atoms with Gasteiger partial charge in [-0.2, -0.15) is 0 Å². The third-order valence-corrected chi connectivity index (χ3v) is 5.24. The molecule has 0 aliphatic heterocycles. The Bertz CT molecular complexity index is 875. The van der Waals surface area contributed by atoms with E-state index >= 15 is 0 Å². The fourth-order valence-electron chi connectivity index (χ4n) is 2.51. The van der Waals surface area contributed by atoms with Gasteiger partial charge in [-0.3, -0.25) is 4.79 Å². The van der Waals surface area contributed by atoms with E-state index in [4.69, 9.17) is 0 Å². The highest BCUT2D eigenvalue weighted by molar-refractivity contribution is 8.00. The molecule has 1 atom stereocenters. The highest BCUT2D eigenvalue weighted by Gasteiger charge is 2.19. The molecular weight excluding hydrogens is 344 g/mol. The maximum absolute atomic E-state index is 12.4. The zero-order chi connectivity index (χ0) is 18.5. The molecule has 1 N–H and O–H groups in total. The van der Waals surface area contributed by atoms with E-state index in [0.29, 0.717) is 6.54 Å². The van der Waals surface area contributed by atoms with Crippen LogP contribution in [0.15, 0.2) is 59.8 Å². The largest absolute Gasteiger partial charge is 0.351 e. The molecule has 0 unspecified atom stereocenters. The number of nitrogens with zero attached hydrogens (tertiary/aromatic N) is 3. The molecule has 5 nitrogen and oxygen atoms in total. The van der Waals surface area contributed by atoms with Gasteiger partial charge in [-0.15, -0.1) is 10.2 Å². The van der Waals surface area contributed by atoms with E-state index in [1.165, 1.54) is 17.3 Å². The normalized spacial score (nSPS) is 12.0. The van der Waals surface area contributed by atoms with Crippen LogP contribution in [0.1, 0.15) is 18.1 Å². The first-order valence-electron chi connectivity index (χ1n) is 8.49. The molecule has 1 heterocycles. The van der Waals surface area contributed by atoms with Crippen molar-refractivity contribution in [3.05, 3.63) is 65.7 Å². The van der Waals surface area contributed by atoms with Gasteiger partial charge in [-0.25, -0.2) is 0 Å². The van der Waals surface area contributed by atoms with Gasteiger partial charge in [0.25, 0.3) is 0 Å². The molecule has 0 fully saturated rings. The summed E-state index contributed by atoms with van der Waals surface area (Å²) in [6.07, 6.45) is 0. The van der Waals surface area contributed by atoms with Crippen molar-refractivity contribution in [2.24, 2.45) is 7.05 Å². The standard InChI is InChI=1S/C20H22N4OS/c1-14-9-11-16(12-10-14)13-21-19(25)15(2)26-20-23-22-18(24(20)3)17-7-5-4-6-8-17/h4-12,15H,13H2,1-3H3,(H,21,25)/t15-/m0/s1. The van der Waals surface area contributed by atoms with E-state index in [2.05, 4.69) is 15.5 Å². The second kappa shape index (κ2) is 8.19.